The molecular weight excluding hydrogens is 265 g/mol. The van der Waals surface area contributed by atoms with Gasteiger partial charge in [0.25, 0.3) is 5.91 Å². The first kappa shape index (κ1) is 13.8. The van der Waals surface area contributed by atoms with E-state index in [-0.39, 0.29) is 28.8 Å². The molecule has 0 heterocycles. The maximum atomic E-state index is 11.7. The first-order valence-corrected chi connectivity index (χ1v) is 5.69. The van der Waals surface area contributed by atoms with Gasteiger partial charge in [-0.3, -0.25) is 9.59 Å². The fourth-order valence-electron chi connectivity index (χ4n) is 1.14. The lowest BCUT2D eigenvalue weighted by Gasteiger charge is -2.07. The van der Waals surface area contributed by atoms with Gasteiger partial charge in [-0.2, -0.15) is 0 Å². The summed E-state index contributed by atoms with van der Waals surface area (Å²) in [4.78, 5) is 22.7. The number of hydrogen-bond donors (Lipinski definition) is 1. The first-order chi connectivity index (χ1) is 8.06. The molecule has 0 aliphatic rings. The van der Waals surface area contributed by atoms with Crippen LogP contribution in [0.25, 0.3) is 0 Å². The van der Waals surface area contributed by atoms with Crippen molar-refractivity contribution in [3.63, 3.8) is 0 Å². The molecule has 1 amide bonds. The number of hydrogen-bond acceptors (Lipinski definition) is 3. The summed E-state index contributed by atoms with van der Waals surface area (Å²) in [5.41, 5.74) is 0.225. The Morgan fingerprint density at radius 2 is 2.06 bits per heavy atom. The zero-order valence-corrected chi connectivity index (χ0v) is 10.6. The summed E-state index contributed by atoms with van der Waals surface area (Å²) in [7, 11) is 0. The summed E-state index contributed by atoms with van der Waals surface area (Å²) in [6, 6.07) is 4.70. The van der Waals surface area contributed by atoms with Crippen LogP contribution >= 0.6 is 23.2 Å². The van der Waals surface area contributed by atoms with E-state index in [0.717, 1.165) is 0 Å². The zero-order valence-electron chi connectivity index (χ0n) is 9.13. The lowest BCUT2D eigenvalue weighted by atomic mass is 10.2. The number of nitrogens with one attached hydrogen (secondary N) is 1. The van der Waals surface area contributed by atoms with Gasteiger partial charge in [0.2, 0.25) is 0 Å². The van der Waals surface area contributed by atoms with E-state index in [1.165, 1.54) is 6.07 Å². The Kier molecular flexibility index (Phi) is 5.25. The lowest BCUT2D eigenvalue weighted by Crippen LogP contribution is -2.30. The first-order valence-electron chi connectivity index (χ1n) is 4.94. The second-order valence-electron chi connectivity index (χ2n) is 3.09. The zero-order chi connectivity index (χ0) is 12.8. The van der Waals surface area contributed by atoms with Gasteiger partial charge in [0.1, 0.15) is 6.54 Å². The number of carbonyl (C=O) groups excluding carboxylic acids is 2. The normalized spacial score (nSPS) is 9.82. The molecule has 4 nitrogen and oxygen atoms in total. The van der Waals surface area contributed by atoms with Crippen molar-refractivity contribution in [2.75, 3.05) is 13.2 Å². The summed E-state index contributed by atoms with van der Waals surface area (Å²) in [5, 5.41) is 2.84. The van der Waals surface area contributed by atoms with E-state index in [1.54, 1.807) is 19.1 Å². The molecule has 1 aromatic carbocycles. The molecule has 6 heteroatoms. The van der Waals surface area contributed by atoms with Crippen molar-refractivity contribution in [1.82, 2.24) is 5.32 Å². The SMILES string of the molecule is CCOC(=O)CNC(=O)c1cccc(Cl)c1Cl. The molecule has 0 saturated carbocycles. The number of esters is 1. The Balaban J connectivity index is 2.64. The number of amides is 1. The van der Waals surface area contributed by atoms with Crippen molar-refractivity contribution in [3.05, 3.63) is 33.8 Å². The molecule has 0 fully saturated rings. The lowest BCUT2D eigenvalue weighted by molar-refractivity contribution is -0.141. The van der Waals surface area contributed by atoms with Crippen LogP contribution in [0.3, 0.4) is 0 Å². The highest BCUT2D eigenvalue weighted by Crippen LogP contribution is 2.25. The quantitative estimate of drug-likeness (QED) is 0.858. The van der Waals surface area contributed by atoms with Crippen LogP contribution in [-0.2, 0) is 9.53 Å². The third-order valence-electron chi connectivity index (χ3n) is 1.89. The Labute approximate surface area is 109 Å². The molecule has 1 N–H and O–H groups in total. The van der Waals surface area contributed by atoms with Crippen LogP contribution < -0.4 is 5.32 Å². The van der Waals surface area contributed by atoms with Crippen LogP contribution in [0, 0.1) is 0 Å². The van der Waals surface area contributed by atoms with Crippen LogP contribution in [0.1, 0.15) is 17.3 Å². The van der Waals surface area contributed by atoms with Crippen LogP contribution in [0.15, 0.2) is 18.2 Å². The van der Waals surface area contributed by atoms with E-state index < -0.39 is 11.9 Å². The minimum Gasteiger partial charge on any atom is -0.465 e. The van der Waals surface area contributed by atoms with Crippen molar-refractivity contribution in [3.8, 4) is 0 Å². The minimum absolute atomic E-state index is 0.163. The van der Waals surface area contributed by atoms with Crippen LogP contribution in [0.4, 0.5) is 0 Å². The second-order valence-corrected chi connectivity index (χ2v) is 3.87. The van der Waals surface area contributed by atoms with Crippen LogP contribution in [0.2, 0.25) is 10.0 Å². The van der Waals surface area contributed by atoms with E-state index in [0.29, 0.717) is 0 Å². The van der Waals surface area contributed by atoms with Crippen LogP contribution in [-0.4, -0.2) is 25.0 Å². The summed E-state index contributed by atoms with van der Waals surface area (Å²) in [6.45, 7) is 1.76. The highest BCUT2D eigenvalue weighted by atomic mass is 35.5. The highest BCUT2D eigenvalue weighted by molar-refractivity contribution is 6.43. The van der Waals surface area contributed by atoms with Gasteiger partial charge in [-0.25, -0.2) is 0 Å². The Morgan fingerprint density at radius 1 is 1.35 bits per heavy atom. The molecule has 0 radical (unpaired) electrons. The molecule has 0 spiro atoms. The fraction of sp³-hybridized carbons (Fsp3) is 0.273. The molecule has 0 aromatic heterocycles. The number of ether oxygens (including phenoxy) is 1. The van der Waals surface area contributed by atoms with Crippen molar-refractivity contribution in [2.24, 2.45) is 0 Å². The molecule has 0 saturated heterocycles. The van der Waals surface area contributed by atoms with E-state index in [9.17, 15) is 9.59 Å². The summed E-state index contributed by atoms with van der Waals surface area (Å²) < 4.78 is 4.67. The molecule has 0 bridgehead atoms. The number of benzene rings is 1. The molecule has 0 unspecified atom stereocenters. The molecule has 92 valence electrons. The number of carbonyl (C=O) groups is 2. The van der Waals surface area contributed by atoms with Gasteiger partial charge in [-0.1, -0.05) is 29.3 Å². The molecule has 1 rings (SSSR count). The van der Waals surface area contributed by atoms with Crippen molar-refractivity contribution in [1.29, 1.82) is 0 Å². The largest absolute Gasteiger partial charge is 0.465 e. The molecular formula is C11H11Cl2NO3. The van der Waals surface area contributed by atoms with E-state index in [2.05, 4.69) is 10.1 Å². The summed E-state index contributed by atoms with van der Waals surface area (Å²) in [5.74, 6) is -0.968. The van der Waals surface area contributed by atoms with Gasteiger partial charge in [-0.15, -0.1) is 0 Å². The highest BCUT2D eigenvalue weighted by Gasteiger charge is 2.13. The predicted molar refractivity (Wildman–Crippen MR) is 65.4 cm³/mol. The van der Waals surface area contributed by atoms with Gasteiger partial charge in [0, 0.05) is 0 Å². The van der Waals surface area contributed by atoms with E-state index in [1.807, 2.05) is 0 Å². The summed E-state index contributed by atoms with van der Waals surface area (Å²) in [6.07, 6.45) is 0. The van der Waals surface area contributed by atoms with E-state index >= 15 is 0 Å². The third-order valence-corrected chi connectivity index (χ3v) is 2.71. The monoisotopic (exact) mass is 275 g/mol. The standard InChI is InChI=1S/C11H11Cl2NO3/c1-2-17-9(15)6-14-11(16)7-4-3-5-8(12)10(7)13/h3-5H,2,6H2,1H3,(H,14,16). The average molecular weight is 276 g/mol. The van der Waals surface area contributed by atoms with E-state index in [4.69, 9.17) is 23.2 Å². The molecule has 0 aliphatic heterocycles. The number of rotatable bonds is 4. The Morgan fingerprint density at radius 3 is 2.71 bits per heavy atom. The Hall–Kier alpha value is -1.26. The molecule has 0 atom stereocenters. The maximum Gasteiger partial charge on any atom is 0.325 e. The van der Waals surface area contributed by atoms with Gasteiger partial charge >= 0.3 is 5.97 Å². The van der Waals surface area contributed by atoms with Crippen molar-refractivity contribution >= 4 is 35.1 Å². The molecule has 0 aliphatic carbocycles. The summed E-state index contributed by atoms with van der Waals surface area (Å²) >= 11 is 11.6. The van der Waals surface area contributed by atoms with Gasteiger partial charge in [0.05, 0.1) is 22.2 Å². The van der Waals surface area contributed by atoms with Crippen molar-refractivity contribution in [2.45, 2.75) is 6.92 Å². The Bertz CT molecular complexity index is 435. The molecule has 17 heavy (non-hydrogen) atoms. The second kappa shape index (κ2) is 6.47. The predicted octanol–water partition coefficient (Wildman–Crippen LogP) is 2.29. The fourth-order valence-corrected chi connectivity index (χ4v) is 1.53. The average Bonchev–Trinajstić information content (AvgIpc) is 2.30. The van der Waals surface area contributed by atoms with Gasteiger partial charge in [-0.05, 0) is 19.1 Å². The topological polar surface area (TPSA) is 55.4 Å². The minimum atomic E-state index is -0.501. The third kappa shape index (κ3) is 3.91. The maximum absolute atomic E-state index is 11.7. The number of halogens is 2. The van der Waals surface area contributed by atoms with Gasteiger partial charge in [0.15, 0.2) is 0 Å². The smallest absolute Gasteiger partial charge is 0.325 e. The van der Waals surface area contributed by atoms with Crippen molar-refractivity contribution < 1.29 is 14.3 Å². The molecule has 1 aromatic rings. The van der Waals surface area contributed by atoms with Gasteiger partial charge < -0.3 is 10.1 Å². The van der Waals surface area contributed by atoms with Crippen LogP contribution in [0.5, 0.6) is 0 Å².